The first-order valence-corrected chi connectivity index (χ1v) is 7.79. The van der Waals surface area contributed by atoms with Gasteiger partial charge in [-0.15, -0.1) is 11.3 Å². The number of hydrogen-bond acceptors (Lipinski definition) is 5. The lowest BCUT2D eigenvalue weighted by atomic mass is 10.3. The van der Waals surface area contributed by atoms with E-state index < -0.39 is 16.7 Å². The van der Waals surface area contributed by atoms with Gasteiger partial charge in [0.2, 0.25) is 0 Å². The van der Waals surface area contributed by atoms with Gasteiger partial charge in [0, 0.05) is 16.3 Å². The number of carbonyl (C=O) groups is 1. The zero-order valence-corrected chi connectivity index (χ0v) is 13.3. The maximum Gasteiger partial charge on any atom is 0.345 e. The molecule has 5 nitrogen and oxygen atoms in total. The molecule has 20 heavy (non-hydrogen) atoms. The van der Waals surface area contributed by atoms with Crippen LogP contribution < -0.4 is 0 Å². The number of nitro groups is 1. The Hall–Kier alpha value is -1.20. The van der Waals surface area contributed by atoms with Crippen molar-refractivity contribution in [3.63, 3.8) is 0 Å². The van der Waals surface area contributed by atoms with Crippen LogP contribution in [0.2, 0.25) is 0 Å². The highest BCUT2D eigenvalue weighted by molar-refractivity contribution is 14.1. The van der Waals surface area contributed by atoms with Gasteiger partial charge in [-0.2, -0.15) is 0 Å². The largest absolute Gasteiger partial charge is 0.477 e. The van der Waals surface area contributed by atoms with E-state index in [-0.39, 0.29) is 19.0 Å². The van der Waals surface area contributed by atoms with Gasteiger partial charge in [-0.1, -0.05) is 11.8 Å². The van der Waals surface area contributed by atoms with Gasteiger partial charge in [-0.3, -0.25) is 10.1 Å². The van der Waals surface area contributed by atoms with Gasteiger partial charge in [0.25, 0.3) is 5.69 Å². The molecule has 104 valence electrons. The van der Waals surface area contributed by atoms with Gasteiger partial charge in [0.05, 0.1) is 13.4 Å². The molecule has 0 unspecified atom stereocenters. The van der Waals surface area contributed by atoms with Crippen molar-refractivity contribution in [3.05, 3.63) is 48.0 Å². The minimum Gasteiger partial charge on any atom is -0.477 e. The smallest absolute Gasteiger partial charge is 0.345 e. The number of benzene rings is 1. The number of thiophene rings is 1. The van der Waals surface area contributed by atoms with E-state index in [4.69, 9.17) is 5.11 Å². The Bertz CT molecular complexity index is 704. The minimum absolute atomic E-state index is 0.126. The number of carboxylic acid groups (broad SMARTS) is 1. The van der Waals surface area contributed by atoms with Crippen LogP contribution in [0.4, 0.5) is 10.1 Å². The molecule has 0 saturated heterocycles. The van der Waals surface area contributed by atoms with Crippen LogP contribution in [0.15, 0.2) is 33.4 Å². The second-order valence-electron chi connectivity index (χ2n) is 3.55. The minimum atomic E-state index is -1.06. The third-order valence-corrected chi connectivity index (χ3v) is 5.12. The lowest BCUT2D eigenvalue weighted by Gasteiger charge is -2.03. The van der Waals surface area contributed by atoms with Crippen molar-refractivity contribution in [1.82, 2.24) is 0 Å². The summed E-state index contributed by atoms with van der Waals surface area (Å²) in [6, 6.07) is 3.64. The number of hydrogen-bond donors (Lipinski definition) is 1. The Morgan fingerprint density at radius 1 is 1.45 bits per heavy atom. The average molecular weight is 425 g/mol. The van der Waals surface area contributed by atoms with E-state index in [2.05, 4.69) is 0 Å². The molecule has 1 N–H and O–H groups in total. The molecule has 0 aliphatic heterocycles. The lowest BCUT2D eigenvalue weighted by Crippen LogP contribution is -1.94. The van der Waals surface area contributed by atoms with Crippen molar-refractivity contribution in [2.24, 2.45) is 0 Å². The fourth-order valence-corrected chi connectivity index (χ4v) is 3.65. The highest BCUT2D eigenvalue weighted by Gasteiger charge is 2.19. The summed E-state index contributed by atoms with van der Waals surface area (Å²) in [6.07, 6.45) is 0. The molecule has 0 atom stereocenters. The SMILES string of the molecule is O=C(O)c1cc(Sc2cc(F)c(I)cc2[N+](=O)[O-])cs1. The summed E-state index contributed by atoms with van der Waals surface area (Å²) in [4.78, 5) is 21.9. The van der Waals surface area contributed by atoms with Crippen molar-refractivity contribution >= 4 is 57.3 Å². The molecular formula is C11H5FINO4S2. The van der Waals surface area contributed by atoms with Crippen LogP contribution in [-0.2, 0) is 0 Å². The molecule has 0 saturated carbocycles. The van der Waals surface area contributed by atoms with Gasteiger partial charge < -0.3 is 5.11 Å². The summed E-state index contributed by atoms with van der Waals surface area (Å²) in [5.74, 6) is -1.61. The van der Waals surface area contributed by atoms with Gasteiger partial charge in [-0.05, 0) is 34.7 Å². The quantitative estimate of drug-likeness (QED) is 0.450. The van der Waals surface area contributed by atoms with E-state index in [0.29, 0.717) is 4.90 Å². The fraction of sp³-hybridized carbons (Fsp3) is 0. The first-order valence-electron chi connectivity index (χ1n) is 5.01. The summed E-state index contributed by atoms with van der Waals surface area (Å²) < 4.78 is 13.7. The molecule has 0 radical (unpaired) electrons. The number of halogens is 2. The Morgan fingerprint density at radius 3 is 2.70 bits per heavy atom. The Morgan fingerprint density at radius 2 is 2.15 bits per heavy atom. The molecule has 1 aromatic heterocycles. The van der Waals surface area contributed by atoms with Crippen LogP contribution >= 0.6 is 45.7 Å². The topological polar surface area (TPSA) is 80.4 Å². The number of aromatic carboxylic acids is 1. The van der Waals surface area contributed by atoms with Gasteiger partial charge in [0.1, 0.15) is 10.7 Å². The Labute approximate surface area is 134 Å². The highest BCUT2D eigenvalue weighted by Crippen LogP contribution is 2.38. The molecule has 0 amide bonds. The summed E-state index contributed by atoms with van der Waals surface area (Å²) in [5.41, 5.74) is -0.205. The van der Waals surface area contributed by atoms with Crippen molar-refractivity contribution in [1.29, 1.82) is 0 Å². The van der Waals surface area contributed by atoms with E-state index in [1.165, 1.54) is 6.07 Å². The fourth-order valence-electron chi connectivity index (χ4n) is 1.35. The van der Waals surface area contributed by atoms with E-state index in [9.17, 15) is 19.3 Å². The standard InChI is InChI=1S/C11H5FINO4S2/c12-6-2-9(8(14(17)18)3-7(6)13)20-5-1-10(11(15)16)19-4-5/h1-4H,(H,15,16). The van der Waals surface area contributed by atoms with Crippen LogP contribution in [-0.4, -0.2) is 16.0 Å². The molecule has 0 aliphatic rings. The number of carboxylic acids is 1. The molecular weight excluding hydrogens is 420 g/mol. The molecule has 0 bridgehead atoms. The predicted molar refractivity (Wildman–Crippen MR) is 81.2 cm³/mol. The van der Waals surface area contributed by atoms with Gasteiger partial charge in [0.15, 0.2) is 0 Å². The Kier molecular flexibility index (Phi) is 4.60. The predicted octanol–water partition coefficient (Wildman–Crippen LogP) is 4.25. The molecule has 1 heterocycles. The third-order valence-electron chi connectivity index (χ3n) is 2.21. The maximum atomic E-state index is 13.5. The van der Waals surface area contributed by atoms with Crippen LogP contribution in [0, 0.1) is 19.5 Å². The first-order chi connectivity index (χ1) is 9.38. The van der Waals surface area contributed by atoms with Crippen molar-refractivity contribution in [2.75, 3.05) is 0 Å². The lowest BCUT2D eigenvalue weighted by molar-refractivity contribution is -0.387. The first kappa shape index (κ1) is 15.2. The number of nitro benzene ring substituents is 1. The van der Waals surface area contributed by atoms with Crippen LogP contribution in [0.5, 0.6) is 0 Å². The normalized spacial score (nSPS) is 10.5. The third kappa shape index (κ3) is 3.27. The zero-order valence-electron chi connectivity index (χ0n) is 9.50. The summed E-state index contributed by atoms with van der Waals surface area (Å²) in [6.45, 7) is 0. The summed E-state index contributed by atoms with van der Waals surface area (Å²) in [5, 5.41) is 21.3. The average Bonchev–Trinajstić information content (AvgIpc) is 2.82. The Balaban J connectivity index is 2.39. The molecule has 0 aliphatic carbocycles. The van der Waals surface area contributed by atoms with Crippen molar-refractivity contribution in [3.8, 4) is 0 Å². The monoisotopic (exact) mass is 425 g/mol. The van der Waals surface area contributed by atoms with Crippen LogP contribution in [0.25, 0.3) is 0 Å². The molecule has 0 fully saturated rings. The zero-order chi connectivity index (χ0) is 14.9. The van der Waals surface area contributed by atoms with E-state index in [0.717, 1.165) is 35.2 Å². The molecule has 2 aromatic rings. The van der Waals surface area contributed by atoms with Gasteiger partial charge >= 0.3 is 5.97 Å². The highest BCUT2D eigenvalue weighted by atomic mass is 127. The van der Waals surface area contributed by atoms with E-state index >= 15 is 0 Å². The van der Waals surface area contributed by atoms with Crippen LogP contribution in [0.1, 0.15) is 9.67 Å². The van der Waals surface area contributed by atoms with E-state index in [1.807, 2.05) is 0 Å². The van der Waals surface area contributed by atoms with Crippen molar-refractivity contribution < 1.29 is 19.2 Å². The molecule has 0 spiro atoms. The second kappa shape index (κ2) is 6.06. The molecule has 1 aromatic carbocycles. The second-order valence-corrected chi connectivity index (χ2v) is 6.73. The van der Waals surface area contributed by atoms with Gasteiger partial charge in [-0.25, -0.2) is 9.18 Å². The molecule has 2 rings (SSSR count). The summed E-state index contributed by atoms with van der Waals surface area (Å²) in [7, 11) is 0. The van der Waals surface area contributed by atoms with E-state index in [1.54, 1.807) is 28.0 Å². The maximum absolute atomic E-state index is 13.5. The summed E-state index contributed by atoms with van der Waals surface area (Å²) >= 11 is 3.66. The van der Waals surface area contributed by atoms with Crippen LogP contribution in [0.3, 0.4) is 0 Å². The number of rotatable bonds is 4. The van der Waals surface area contributed by atoms with Crippen molar-refractivity contribution in [2.45, 2.75) is 9.79 Å². The molecule has 9 heteroatoms. The number of nitrogens with zero attached hydrogens (tertiary/aromatic N) is 1.